The van der Waals surface area contributed by atoms with E-state index in [2.05, 4.69) is 15.5 Å². The van der Waals surface area contributed by atoms with Gasteiger partial charge < -0.3 is 15.3 Å². The van der Waals surface area contributed by atoms with E-state index in [-0.39, 0.29) is 22.5 Å². The number of hydrogen-bond donors (Lipinski definition) is 2. The van der Waals surface area contributed by atoms with Gasteiger partial charge in [-0.1, -0.05) is 29.0 Å². The molecule has 136 valence electrons. The Balaban J connectivity index is 1.66. The largest absolute Gasteiger partial charge is 0.481 e. The molecular formula is C17H18N4O4S. The lowest BCUT2D eigenvalue weighted by Crippen LogP contribution is -2.42. The lowest BCUT2D eigenvalue weighted by molar-refractivity contribution is -0.143. The lowest BCUT2D eigenvalue weighted by Gasteiger charge is -2.29. The first-order valence-electron chi connectivity index (χ1n) is 8.17. The summed E-state index contributed by atoms with van der Waals surface area (Å²) in [6.07, 6.45) is 1.18. The zero-order valence-corrected chi connectivity index (χ0v) is 15.0. The van der Waals surface area contributed by atoms with Gasteiger partial charge in [-0.15, -0.1) is 10.2 Å². The zero-order valence-electron chi connectivity index (χ0n) is 14.1. The molecule has 1 aromatic heterocycles. The molecule has 0 spiro atoms. The average molecular weight is 374 g/mol. The van der Waals surface area contributed by atoms with Crippen LogP contribution in [0.2, 0.25) is 0 Å². The molecule has 1 atom stereocenters. The monoisotopic (exact) mass is 374 g/mol. The summed E-state index contributed by atoms with van der Waals surface area (Å²) in [6.45, 7) is 2.58. The van der Waals surface area contributed by atoms with Crippen LogP contribution in [0.4, 0.5) is 5.69 Å². The van der Waals surface area contributed by atoms with Crippen molar-refractivity contribution < 1.29 is 19.5 Å². The predicted octanol–water partition coefficient (Wildman–Crippen LogP) is 2.04. The molecule has 1 aromatic carbocycles. The second kappa shape index (κ2) is 7.61. The number of likely N-dealkylation sites (tertiary alicyclic amines) is 1. The van der Waals surface area contributed by atoms with Crippen molar-refractivity contribution in [3.05, 3.63) is 39.8 Å². The molecule has 0 saturated carbocycles. The van der Waals surface area contributed by atoms with Crippen LogP contribution in [-0.2, 0) is 4.79 Å². The van der Waals surface area contributed by atoms with E-state index in [0.717, 1.165) is 16.9 Å². The third-order valence-corrected chi connectivity index (χ3v) is 5.08. The SMILES string of the molecule is Cc1ccc(NC(=O)c2nnc(C(=O)N3CCCC(C(=O)O)C3)s2)cc1. The van der Waals surface area contributed by atoms with Gasteiger partial charge in [-0.25, -0.2) is 0 Å². The van der Waals surface area contributed by atoms with E-state index in [1.807, 2.05) is 19.1 Å². The number of anilines is 1. The Morgan fingerprint density at radius 2 is 1.88 bits per heavy atom. The van der Waals surface area contributed by atoms with E-state index >= 15 is 0 Å². The van der Waals surface area contributed by atoms with Gasteiger partial charge in [-0.3, -0.25) is 14.4 Å². The highest BCUT2D eigenvalue weighted by Crippen LogP contribution is 2.21. The number of aryl methyl sites for hydroxylation is 1. The lowest BCUT2D eigenvalue weighted by atomic mass is 9.98. The molecule has 0 bridgehead atoms. The number of carbonyl (C=O) groups is 3. The summed E-state index contributed by atoms with van der Waals surface area (Å²) in [5.74, 6) is -2.29. The molecule has 1 saturated heterocycles. The number of piperidine rings is 1. The number of carboxylic acid groups (broad SMARTS) is 1. The van der Waals surface area contributed by atoms with Gasteiger partial charge in [0.2, 0.25) is 10.0 Å². The van der Waals surface area contributed by atoms with Crippen molar-refractivity contribution in [1.29, 1.82) is 0 Å². The van der Waals surface area contributed by atoms with Crippen molar-refractivity contribution in [2.24, 2.45) is 5.92 Å². The van der Waals surface area contributed by atoms with Gasteiger partial charge in [-0.05, 0) is 31.9 Å². The van der Waals surface area contributed by atoms with Crippen molar-refractivity contribution >= 4 is 34.8 Å². The van der Waals surface area contributed by atoms with Crippen LogP contribution in [0, 0.1) is 12.8 Å². The Kier molecular flexibility index (Phi) is 5.27. The van der Waals surface area contributed by atoms with Crippen LogP contribution in [0.3, 0.4) is 0 Å². The zero-order chi connectivity index (χ0) is 18.7. The molecular weight excluding hydrogens is 356 g/mol. The molecule has 9 heteroatoms. The quantitative estimate of drug-likeness (QED) is 0.847. The number of rotatable bonds is 4. The minimum atomic E-state index is -0.905. The highest BCUT2D eigenvalue weighted by molar-refractivity contribution is 7.15. The Hall–Kier alpha value is -2.81. The van der Waals surface area contributed by atoms with E-state index < -0.39 is 17.8 Å². The van der Waals surface area contributed by atoms with E-state index in [1.54, 1.807) is 12.1 Å². The summed E-state index contributed by atoms with van der Waals surface area (Å²) in [5, 5.41) is 19.6. The van der Waals surface area contributed by atoms with E-state index in [4.69, 9.17) is 5.11 Å². The molecule has 1 aliphatic rings. The van der Waals surface area contributed by atoms with Gasteiger partial charge >= 0.3 is 5.97 Å². The van der Waals surface area contributed by atoms with Crippen LogP contribution in [0.25, 0.3) is 0 Å². The number of amides is 2. The van der Waals surface area contributed by atoms with Gasteiger partial charge in [0.1, 0.15) is 0 Å². The summed E-state index contributed by atoms with van der Waals surface area (Å²) in [6, 6.07) is 7.31. The number of carbonyl (C=O) groups excluding carboxylic acids is 2. The first-order valence-corrected chi connectivity index (χ1v) is 8.99. The van der Waals surface area contributed by atoms with Crippen LogP contribution in [0.5, 0.6) is 0 Å². The fraction of sp³-hybridized carbons (Fsp3) is 0.353. The number of nitrogens with one attached hydrogen (secondary N) is 1. The van der Waals surface area contributed by atoms with Crippen molar-refractivity contribution in [2.75, 3.05) is 18.4 Å². The highest BCUT2D eigenvalue weighted by Gasteiger charge is 2.30. The summed E-state index contributed by atoms with van der Waals surface area (Å²) in [7, 11) is 0. The smallest absolute Gasteiger partial charge is 0.308 e. The van der Waals surface area contributed by atoms with Gasteiger partial charge in [0, 0.05) is 18.8 Å². The first kappa shape index (κ1) is 18.0. The number of carboxylic acids is 1. The summed E-state index contributed by atoms with van der Waals surface area (Å²) in [4.78, 5) is 37.3. The Morgan fingerprint density at radius 1 is 1.19 bits per heavy atom. The highest BCUT2D eigenvalue weighted by atomic mass is 32.1. The van der Waals surface area contributed by atoms with Crippen LogP contribution in [0.15, 0.2) is 24.3 Å². The van der Waals surface area contributed by atoms with Crippen LogP contribution in [-0.4, -0.2) is 51.1 Å². The molecule has 2 N–H and O–H groups in total. The Labute approximate surface area is 153 Å². The molecule has 1 unspecified atom stereocenters. The number of nitrogens with zero attached hydrogens (tertiary/aromatic N) is 3. The maximum Gasteiger partial charge on any atom is 0.308 e. The second-order valence-electron chi connectivity index (χ2n) is 6.16. The van der Waals surface area contributed by atoms with Crippen LogP contribution >= 0.6 is 11.3 Å². The van der Waals surface area contributed by atoms with Crippen molar-refractivity contribution in [2.45, 2.75) is 19.8 Å². The fourth-order valence-corrected chi connectivity index (χ4v) is 3.43. The Morgan fingerprint density at radius 3 is 2.58 bits per heavy atom. The van der Waals surface area contributed by atoms with Gasteiger partial charge in [-0.2, -0.15) is 0 Å². The number of aliphatic carboxylic acids is 1. The van der Waals surface area contributed by atoms with Crippen molar-refractivity contribution in [1.82, 2.24) is 15.1 Å². The summed E-state index contributed by atoms with van der Waals surface area (Å²) in [5.41, 5.74) is 1.71. The minimum Gasteiger partial charge on any atom is -0.481 e. The van der Waals surface area contributed by atoms with Crippen molar-refractivity contribution in [3.8, 4) is 0 Å². The maximum atomic E-state index is 12.5. The molecule has 26 heavy (non-hydrogen) atoms. The molecule has 0 aliphatic carbocycles. The third kappa shape index (κ3) is 4.05. The standard InChI is InChI=1S/C17H18N4O4S/c1-10-4-6-12(7-5-10)18-13(22)14-19-20-15(26-14)16(23)21-8-2-3-11(9-21)17(24)25/h4-7,11H,2-3,8-9H2,1H3,(H,18,22)(H,24,25). The van der Waals surface area contributed by atoms with E-state index in [0.29, 0.717) is 25.1 Å². The molecule has 2 aromatic rings. The molecule has 1 aliphatic heterocycles. The van der Waals surface area contributed by atoms with Gasteiger partial charge in [0.15, 0.2) is 0 Å². The molecule has 8 nitrogen and oxygen atoms in total. The van der Waals surface area contributed by atoms with Gasteiger partial charge in [0.05, 0.1) is 5.92 Å². The third-order valence-electron chi connectivity index (χ3n) is 4.17. The Bertz CT molecular complexity index is 834. The number of aromatic nitrogens is 2. The van der Waals surface area contributed by atoms with Crippen LogP contribution < -0.4 is 5.32 Å². The number of benzene rings is 1. The summed E-state index contributed by atoms with van der Waals surface area (Å²) >= 11 is 0.902. The normalized spacial score (nSPS) is 17.0. The topological polar surface area (TPSA) is 112 Å². The molecule has 0 radical (unpaired) electrons. The number of hydrogen-bond acceptors (Lipinski definition) is 6. The summed E-state index contributed by atoms with van der Waals surface area (Å²) < 4.78 is 0. The minimum absolute atomic E-state index is 0.0840. The molecule has 3 rings (SSSR count). The second-order valence-corrected chi connectivity index (χ2v) is 7.14. The van der Waals surface area contributed by atoms with Gasteiger partial charge in [0.25, 0.3) is 11.8 Å². The molecule has 1 fully saturated rings. The van der Waals surface area contributed by atoms with Crippen molar-refractivity contribution in [3.63, 3.8) is 0 Å². The molecule has 2 amide bonds. The maximum absolute atomic E-state index is 12.5. The first-order chi connectivity index (χ1) is 12.4. The van der Waals surface area contributed by atoms with E-state index in [9.17, 15) is 14.4 Å². The van der Waals surface area contributed by atoms with E-state index in [1.165, 1.54) is 4.90 Å². The predicted molar refractivity (Wildman–Crippen MR) is 95.3 cm³/mol. The molecule has 2 heterocycles. The average Bonchev–Trinajstić information content (AvgIpc) is 3.13. The van der Waals surface area contributed by atoms with Crippen LogP contribution in [0.1, 0.15) is 38.0 Å². The fourth-order valence-electron chi connectivity index (χ4n) is 2.72.